The van der Waals surface area contributed by atoms with Gasteiger partial charge in [0, 0.05) is 29.8 Å². The third-order valence-corrected chi connectivity index (χ3v) is 7.89. The first-order chi connectivity index (χ1) is 15.7. The van der Waals surface area contributed by atoms with E-state index < -0.39 is 16.4 Å². The van der Waals surface area contributed by atoms with E-state index in [1.807, 2.05) is 0 Å². The van der Waals surface area contributed by atoms with E-state index >= 15 is 0 Å². The lowest BCUT2D eigenvalue weighted by Crippen LogP contribution is -2.47. The molecule has 0 unspecified atom stereocenters. The van der Waals surface area contributed by atoms with Gasteiger partial charge in [0.1, 0.15) is 23.1 Å². The van der Waals surface area contributed by atoms with Crippen molar-refractivity contribution in [2.24, 2.45) is 0 Å². The monoisotopic (exact) mass is 473 g/mol. The third kappa shape index (κ3) is 3.55. The van der Waals surface area contributed by atoms with Crippen LogP contribution in [-0.4, -0.2) is 63.9 Å². The summed E-state index contributed by atoms with van der Waals surface area (Å²) in [5, 5.41) is 13.6. The largest absolute Gasteiger partial charge is 0.387 e. The van der Waals surface area contributed by atoms with Crippen molar-refractivity contribution in [1.82, 2.24) is 19.5 Å². The van der Waals surface area contributed by atoms with Gasteiger partial charge in [0.15, 0.2) is 15.5 Å². The van der Waals surface area contributed by atoms with Crippen molar-refractivity contribution in [2.45, 2.75) is 48.6 Å². The van der Waals surface area contributed by atoms with Gasteiger partial charge in [0.05, 0.1) is 11.9 Å². The molecule has 3 atom stereocenters. The lowest BCUT2D eigenvalue weighted by molar-refractivity contribution is -0.138. The number of hydrogen-bond donors (Lipinski definition) is 2. The number of aliphatic hydroxyl groups is 1. The average Bonchev–Trinajstić information content (AvgIpc) is 3.31. The standard InChI is InChI=1S/C22H24FN5O4S/c1-33(31,32)20-19(13-8-15-6-7-16(9-13)27(15)18(30)11-29)26-22-17(10-25-28(22)21(20)24)12-2-4-14(23)5-3-12/h2-5,10,13,15-16,29H,6-9,11,24H2,1H3/t13-,15-,16+. The molecule has 0 saturated carbocycles. The van der Waals surface area contributed by atoms with Crippen molar-refractivity contribution >= 4 is 27.2 Å². The number of aliphatic hydroxyl groups excluding tert-OH is 1. The Morgan fingerprint density at radius 1 is 1.21 bits per heavy atom. The number of benzene rings is 1. The van der Waals surface area contributed by atoms with Gasteiger partial charge in [-0.25, -0.2) is 17.8 Å². The van der Waals surface area contributed by atoms with Gasteiger partial charge in [0.25, 0.3) is 0 Å². The van der Waals surface area contributed by atoms with Gasteiger partial charge in [-0.05, 0) is 43.4 Å². The van der Waals surface area contributed by atoms with Crippen LogP contribution in [0.2, 0.25) is 0 Å². The van der Waals surface area contributed by atoms with Crippen molar-refractivity contribution in [3.63, 3.8) is 0 Å². The van der Waals surface area contributed by atoms with Gasteiger partial charge >= 0.3 is 0 Å². The molecule has 0 spiro atoms. The number of piperidine rings is 1. The van der Waals surface area contributed by atoms with Gasteiger partial charge < -0.3 is 15.7 Å². The maximum atomic E-state index is 13.4. The van der Waals surface area contributed by atoms with Crippen LogP contribution in [0, 0.1) is 5.82 Å². The van der Waals surface area contributed by atoms with Crippen LogP contribution in [0.5, 0.6) is 0 Å². The zero-order valence-electron chi connectivity index (χ0n) is 18.0. The van der Waals surface area contributed by atoms with Crippen molar-refractivity contribution in [3.05, 3.63) is 42.0 Å². The molecule has 2 aromatic heterocycles. The Kier molecular flexibility index (Phi) is 5.13. The molecule has 3 N–H and O–H groups in total. The van der Waals surface area contributed by atoms with Gasteiger partial charge in [-0.3, -0.25) is 4.79 Å². The van der Waals surface area contributed by atoms with Crippen LogP contribution in [0.1, 0.15) is 37.3 Å². The normalized spacial score (nSPS) is 22.8. The molecule has 2 saturated heterocycles. The molecule has 9 nitrogen and oxygen atoms in total. The van der Waals surface area contributed by atoms with Gasteiger partial charge in [-0.1, -0.05) is 12.1 Å². The Morgan fingerprint density at radius 3 is 2.42 bits per heavy atom. The van der Waals surface area contributed by atoms with E-state index in [2.05, 4.69) is 5.10 Å². The highest BCUT2D eigenvalue weighted by atomic mass is 32.2. The summed E-state index contributed by atoms with van der Waals surface area (Å²) in [6.45, 7) is -0.541. The minimum atomic E-state index is -3.73. The summed E-state index contributed by atoms with van der Waals surface area (Å²) < 4.78 is 40.3. The van der Waals surface area contributed by atoms with E-state index in [9.17, 15) is 22.7 Å². The van der Waals surface area contributed by atoms with Crippen LogP contribution >= 0.6 is 0 Å². The summed E-state index contributed by atoms with van der Waals surface area (Å²) in [5.41, 5.74) is 8.39. The van der Waals surface area contributed by atoms with Crippen molar-refractivity contribution in [2.75, 3.05) is 18.6 Å². The molecule has 2 bridgehead atoms. The Labute approximate surface area is 189 Å². The number of aromatic nitrogens is 3. The molecule has 174 valence electrons. The van der Waals surface area contributed by atoms with Crippen LogP contribution in [-0.2, 0) is 14.6 Å². The number of nitrogen functional groups attached to an aromatic ring is 1. The number of fused-ring (bicyclic) bond motifs is 3. The quantitative estimate of drug-likeness (QED) is 0.590. The minimum Gasteiger partial charge on any atom is -0.387 e. The Bertz CT molecular complexity index is 1340. The molecule has 33 heavy (non-hydrogen) atoms. The Hall–Kier alpha value is -3.05. The molecule has 4 heterocycles. The number of carbonyl (C=O) groups excluding carboxylic acids is 1. The Morgan fingerprint density at radius 2 is 1.85 bits per heavy atom. The van der Waals surface area contributed by atoms with Gasteiger partial charge in [0.2, 0.25) is 5.91 Å². The topological polar surface area (TPSA) is 131 Å². The smallest absolute Gasteiger partial charge is 0.248 e. The summed E-state index contributed by atoms with van der Waals surface area (Å²) in [7, 11) is -3.73. The molecule has 1 aromatic carbocycles. The highest BCUT2D eigenvalue weighted by molar-refractivity contribution is 7.91. The van der Waals surface area contributed by atoms with Crippen LogP contribution in [0.3, 0.4) is 0 Å². The highest BCUT2D eigenvalue weighted by Gasteiger charge is 2.45. The molecule has 2 aliphatic heterocycles. The number of nitrogens with two attached hydrogens (primary N) is 1. The molecular formula is C22H24FN5O4S. The molecular weight excluding hydrogens is 449 g/mol. The van der Waals surface area contributed by atoms with E-state index in [1.165, 1.54) is 22.8 Å². The maximum Gasteiger partial charge on any atom is 0.248 e. The number of halogens is 1. The lowest BCUT2D eigenvalue weighted by atomic mass is 9.87. The number of carbonyl (C=O) groups is 1. The fraction of sp³-hybridized carbons (Fsp3) is 0.409. The average molecular weight is 474 g/mol. The number of hydrogen-bond acceptors (Lipinski definition) is 7. The summed E-state index contributed by atoms with van der Waals surface area (Å²) >= 11 is 0. The Balaban J connectivity index is 1.66. The number of sulfone groups is 1. The van der Waals surface area contributed by atoms with Gasteiger partial charge in [-0.15, -0.1) is 0 Å². The van der Waals surface area contributed by atoms with Gasteiger partial charge in [-0.2, -0.15) is 9.61 Å². The zero-order chi connectivity index (χ0) is 23.5. The number of rotatable bonds is 4. The molecule has 1 amide bonds. The first-order valence-corrected chi connectivity index (χ1v) is 12.6. The van der Waals surface area contributed by atoms with Crippen LogP contribution in [0.25, 0.3) is 16.8 Å². The number of anilines is 1. The summed E-state index contributed by atoms with van der Waals surface area (Å²) in [6, 6.07) is 5.71. The van der Waals surface area contributed by atoms with Crippen LogP contribution in [0.15, 0.2) is 35.4 Å². The van der Waals surface area contributed by atoms with Crippen LogP contribution < -0.4 is 5.73 Å². The second-order valence-corrected chi connectivity index (χ2v) is 10.7. The number of amides is 1. The predicted octanol–water partition coefficient (Wildman–Crippen LogP) is 1.75. The van der Waals surface area contributed by atoms with E-state index in [4.69, 9.17) is 10.7 Å². The molecule has 11 heteroatoms. The van der Waals surface area contributed by atoms with E-state index in [0.717, 1.165) is 19.1 Å². The fourth-order valence-corrected chi connectivity index (χ4v) is 6.46. The van der Waals surface area contributed by atoms with Crippen LogP contribution in [0.4, 0.5) is 10.2 Å². The summed E-state index contributed by atoms with van der Waals surface area (Å²) in [4.78, 5) is 18.7. The second kappa shape index (κ2) is 7.77. The lowest BCUT2D eigenvalue weighted by Gasteiger charge is -2.39. The van der Waals surface area contributed by atoms with Crippen molar-refractivity contribution in [1.29, 1.82) is 0 Å². The molecule has 5 rings (SSSR count). The van der Waals surface area contributed by atoms with E-state index in [-0.39, 0.29) is 40.4 Å². The summed E-state index contributed by atoms with van der Waals surface area (Å²) in [6.07, 6.45) is 5.30. The third-order valence-electron chi connectivity index (χ3n) is 6.73. The van der Waals surface area contributed by atoms with E-state index in [1.54, 1.807) is 17.0 Å². The SMILES string of the molecule is CS(=O)(=O)c1c([C@@H]2C[C@H]3CC[C@@H](C2)N3C(=O)CO)nc2c(-c3ccc(F)cc3)cnn2c1N. The zero-order valence-corrected chi connectivity index (χ0v) is 18.8. The first kappa shape index (κ1) is 21.8. The highest BCUT2D eigenvalue weighted by Crippen LogP contribution is 2.45. The van der Waals surface area contributed by atoms with Crippen molar-refractivity contribution < 1.29 is 22.7 Å². The molecule has 0 aliphatic carbocycles. The minimum absolute atomic E-state index is 0.0212. The summed E-state index contributed by atoms with van der Waals surface area (Å²) in [5.74, 6) is -0.922. The maximum absolute atomic E-state index is 13.4. The fourth-order valence-electron chi connectivity index (χ4n) is 5.40. The first-order valence-electron chi connectivity index (χ1n) is 10.7. The molecule has 0 radical (unpaired) electrons. The molecule has 2 fully saturated rings. The second-order valence-electron chi connectivity index (χ2n) is 8.80. The molecule has 2 aliphatic rings. The van der Waals surface area contributed by atoms with E-state index in [0.29, 0.717) is 35.3 Å². The molecule has 3 aromatic rings. The van der Waals surface area contributed by atoms with Crippen molar-refractivity contribution in [3.8, 4) is 11.1 Å². The number of nitrogens with zero attached hydrogens (tertiary/aromatic N) is 4. The predicted molar refractivity (Wildman–Crippen MR) is 119 cm³/mol.